The molecule has 1 heterocycles. The average molecular weight is 340 g/mol. The van der Waals surface area contributed by atoms with Crippen molar-refractivity contribution in [3.63, 3.8) is 0 Å². The molecule has 2 N–H and O–H groups in total. The molecule has 0 aromatic heterocycles. The molecule has 1 saturated heterocycles. The molecule has 2 aromatic rings. The maximum absolute atomic E-state index is 12.5. The Morgan fingerprint density at radius 2 is 1.68 bits per heavy atom. The molecule has 0 bridgehead atoms. The second-order valence-electron chi connectivity index (χ2n) is 5.91. The zero-order valence-corrected chi connectivity index (χ0v) is 14.0. The predicted octanol–water partition coefficient (Wildman–Crippen LogP) is 3.25. The van der Waals surface area contributed by atoms with Crippen LogP contribution in [0.25, 0.3) is 0 Å². The number of aromatic carboxylic acids is 1. The van der Waals surface area contributed by atoms with Crippen molar-refractivity contribution in [3.05, 3.63) is 53.6 Å². The summed E-state index contributed by atoms with van der Waals surface area (Å²) in [6.07, 6.45) is 2.18. The monoisotopic (exact) mass is 340 g/mol. The van der Waals surface area contributed by atoms with Gasteiger partial charge in [0.05, 0.1) is 24.0 Å². The van der Waals surface area contributed by atoms with Crippen LogP contribution in [0, 0.1) is 0 Å². The van der Waals surface area contributed by atoms with Gasteiger partial charge in [-0.2, -0.15) is 0 Å². The van der Waals surface area contributed by atoms with E-state index in [1.54, 1.807) is 43.5 Å². The number of hydrogen-bond acceptors (Lipinski definition) is 4. The Labute approximate surface area is 146 Å². The number of nitrogens with one attached hydrogen (secondary N) is 1. The van der Waals surface area contributed by atoms with Crippen LogP contribution in [-0.4, -0.2) is 37.2 Å². The zero-order chi connectivity index (χ0) is 17.8. The number of ether oxygens (including phenoxy) is 1. The largest absolute Gasteiger partial charge is 0.497 e. The summed E-state index contributed by atoms with van der Waals surface area (Å²) < 4.78 is 5.09. The minimum absolute atomic E-state index is 0.146. The highest BCUT2D eigenvalue weighted by Crippen LogP contribution is 2.30. The Morgan fingerprint density at radius 1 is 1.04 bits per heavy atom. The fraction of sp³-hybridized carbons (Fsp3) is 0.263. The third-order valence-electron chi connectivity index (χ3n) is 4.29. The Hall–Kier alpha value is -3.02. The van der Waals surface area contributed by atoms with Crippen molar-refractivity contribution >= 4 is 23.3 Å². The van der Waals surface area contributed by atoms with Gasteiger partial charge >= 0.3 is 5.97 Å². The Morgan fingerprint density at radius 3 is 2.28 bits per heavy atom. The van der Waals surface area contributed by atoms with Crippen LogP contribution in [0.4, 0.5) is 11.4 Å². The van der Waals surface area contributed by atoms with Crippen LogP contribution in [-0.2, 0) is 0 Å². The van der Waals surface area contributed by atoms with Crippen molar-refractivity contribution in [2.45, 2.75) is 12.8 Å². The van der Waals surface area contributed by atoms with Gasteiger partial charge in [-0.3, -0.25) is 4.79 Å². The maximum Gasteiger partial charge on any atom is 0.335 e. The molecule has 3 rings (SSSR count). The van der Waals surface area contributed by atoms with Gasteiger partial charge in [-0.05, 0) is 55.3 Å². The van der Waals surface area contributed by atoms with Crippen molar-refractivity contribution in [3.8, 4) is 5.75 Å². The van der Waals surface area contributed by atoms with E-state index < -0.39 is 5.97 Å². The van der Waals surface area contributed by atoms with Crippen LogP contribution in [0.5, 0.6) is 5.75 Å². The number of nitrogens with zero attached hydrogens (tertiary/aromatic N) is 1. The first kappa shape index (κ1) is 16.8. The molecular weight excluding hydrogens is 320 g/mol. The summed E-state index contributed by atoms with van der Waals surface area (Å²) >= 11 is 0. The molecule has 0 radical (unpaired) electrons. The van der Waals surface area contributed by atoms with Crippen LogP contribution >= 0.6 is 0 Å². The van der Waals surface area contributed by atoms with Crippen molar-refractivity contribution < 1.29 is 19.4 Å². The SMILES string of the molecule is COc1ccc(C(=O)Nc2cc(C(=O)O)ccc2N2CCCC2)cc1. The lowest BCUT2D eigenvalue weighted by Gasteiger charge is -2.22. The van der Waals surface area contributed by atoms with Crippen LogP contribution in [0.3, 0.4) is 0 Å². The lowest BCUT2D eigenvalue weighted by Crippen LogP contribution is -2.21. The highest BCUT2D eigenvalue weighted by molar-refractivity contribution is 6.06. The van der Waals surface area contributed by atoms with Crippen molar-refractivity contribution in [1.82, 2.24) is 0 Å². The molecule has 1 aliphatic heterocycles. The molecule has 0 saturated carbocycles. The highest BCUT2D eigenvalue weighted by atomic mass is 16.5. The fourth-order valence-corrected chi connectivity index (χ4v) is 2.94. The van der Waals surface area contributed by atoms with E-state index in [-0.39, 0.29) is 11.5 Å². The molecule has 130 valence electrons. The van der Waals surface area contributed by atoms with Gasteiger partial charge in [-0.15, -0.1) is 0 Å². The molecule has 1 aliphatic rings. The molecule has 1 fully saturated rings. The minimum Gasteiger partial charge on any atom is -0.497 e. The maximum atomic E-state index is 12.5. The Balaban J connectivity index is 1.88. The first-order valence-corrected chi connectivity index (χ1v) is 8.16. The molecular formula is C19H20N2O4. The molecule has 2 aromatic carbocycles. The van der Waals surface area contributed by atoms with E-state index in [9.17, 15) is 14.7 Å². The second-order valence-corrected chi connectivity index (χ2v) is 5.91. The quantitative estimate of drug-likeness (QED) is 0.873. The van der Waals surface area contributed by atoms with Gasteiger partial charge in [-0.25, -0.2) is 4.79 Å². The predicted molar refractivity (Wildman–Crippen MR) is 95.8 cm³/mol. The third-order valence-corrected chi connectivity index (χ3v) is 4.29. The number of rotatable bonds is 5. The molecule has 25 heavy (non-hydrogen) atoms. The van der Waals surface area contributed by atoms with E-state index in [0.29, 0.717) is 17.0 Å². The number of benzene rings is 2. The standard InChI is InChI=1S/C19H20N2O4/c1-25-15-7-4-13(5-8-15)18(22)20-16-12-14(19(23)24)6-9-17(16)21-10-2-3-11-21/h4-9,12H,2-3,10-11H2,1H3,(H,20,22)(H,23,24). The van der Waals surface area contributed by atoms with Crippen molar-refractivity contribution in [2.24, 2.45) is 0 Å². The summed E-state index contributed by atoms with van der Waals surface area (Å²) in [5, 5.41) is 12.1. The average Bonchev–Trinajstić information content (AvgIpc) is 3.16. The number of carboxylic acid groups (broad SMARTS) is 1. The zero-order valence-electron chi connectivity index (χ0n) is 14.0. The Bertz CT molecular complexity index is 781. The van der Waals surface area contributed by atoms with Crippen LogP contribution in [0.1, 0.15) is 33.6 Å². The van der Waals surface area contributed by atoms with Crippen LogP contribution in [0.15, 0.2) is 42.5 Å². The molecule has 0 spiro atoms. The number of methoxy groups -OCH3 is 1. The van der Waals surface area contributed by atoms with E-state index in [1.807, 2.05) is 0 Å². The summed E-state index contributed by atoms with van der Waals surface area (Å²) in [5.74, 6) is -0.638. The molecule has 1 amide bonds. The van der Waals surface area contributed by atoms with E-state index in [0.717, 1.165) is 31.6 Å². The van der Waals surface area contributed by atoms with E-state index in [2.05, 4.69) is 10.2 Å². The number of hydrogen-bond donors (Lipinski definition) is 2. The number of carbonyl (C=O) groups is 2. The van der Waals surface area contributed by atoms with Crippen LogP contribution in [0.2, 0.25) is 0 Å². The van der Waals surface area contributed by atoms with Gasteiger partial charge in [0.15, 0.2) is 0 Å². The van der Waals surface area contributed by atoms with Gasteiger partial charge in [0, 0.05) is 18.7 Å². The van der Waals surface area contributed by atoms with E-state index in [1.165, 1.54) is 6.07 Å². The fourth-order valence-electron chi connectivity index (χ4n) is 2.94. The molecule has 6 nitrogen and oxygen atoms in total. The first-order valence-electron chi connectivity index (χ1n) is 8.16. The summed E-state index contributed by atoms with van der Waals surface area (Å²) in [7, 11) is 1.56. The van der Waals surface area contributed by atoms with Crippen LogP contribution < -0.4 is 15.0 Å². The van der Waals surface area contributed by atoms with Gasteiger partial charge in [0.2, 0.25) is 0 Å². The molecule has 0 unspecified atom stereocenters. The van der Waals surface area contributed by atoms with Gasteiger partial charge < -0.3 is 20.1 Å². The normalized spacial score (nSPS) is 13.6. The summed E-state index contributed by atoms with van der Waals surface area (Å²) in [6.45, 7) is 1.80. The number of anilines is 2. The third kappa shape index (κ3) is 3.74. The summed E-state index contributed by atoms with van der Waals surface area (Å²) in [4.78, 5) is 26.0. The number of carboxylic acids is 1. The topological polar surface area (TPSA) is 78.9 Å². The smallest absolute Gasteiger partial charge is 0.335 e. The van der Waals surface area contributed by atoms with Gasteiger partial charge in [0.25, 0.3) is 5.91 Å². The summed E-state index contributed by atoms with van der Waals surface area (Å²) in [5.41, 5.74) is 1.99. The number of carbonyl (C=O) groups excluding carboxylic acids is 1. The lowest BCUT2D eigenvalue weighted by atomic mass is 10.1. The molecule has 0 aliphatic carbocycles. The van der Waals surface area contributed by atoms with E-state index in [4.69, 9.17) is 4.74 Å². The second kappa shape index (κ2) is 7.25. The molecule has 0 atom stereocenters. The van der Waals surface area contributed by atoms with Crippen molar-refractivity contribution in [2.75, 3.05) is 30.4 Å². The number of amides is 1. The molecule has 6 heteroatoms. The minimum atomic E-state index is -1.02. The van der Waals surface area contributed by atoms with E-state index >= 15 is 0 Å². The first-order chi connectivity index (χ1) is 12.1. The highest BCUT2D eigenvalue weighted by Gasteiger charge is 2.19. The van der Waals surface area contributed by atoms with Gasteiger partial charge in [-0.1, -0.05) is 0 Å². The lowest BCUT2D eigenvalue weighted by molar-refractivity contribution is 0.0696. The summed E-state index contributed by atoms with van der Waals surface area (Å²) in [6, 6.07) is 11.6. The van der Waals surface area contributed by atoms with Crippen molar-refractivity contribution in [1.29, 1.82) is 0 Å². The van der Waals surface area contributed by atoms with Gasteiger partial charge in [0.1, 0.15) is 5.75 Å². The Kier molecular flexibility index (Phi) is 4.88.